The maximum absolute atomic E-state index is 13.1. The van der Waals surface area contributed by atoms with Gasteiger partial charge in [-0.2, -0.15) is 0 Å². The molecule has 2 heterocycles. The van der Waals surface area contributed by atoms with Gasteiger partial charge in [-0.1, -0.05) is 36.9 Å². The number of rotatable bonds is 8. The number of aromatic nitrogens is 3. The molecule has 1 aliphatic heterocycles. The SMILES string of the molecule is CC[C@@H](C)N(C(=O)CSc1nc(C2CC2)n(-c2ccccc2)n1)[C@@H]1CCS(=O)(=O)C1. The lowest BCUT2D eigenvalue weighted by molar-refractivity contribution is -0.132. The summed E-state index contributed by atoms with van der Waals surface area (Å²) in [5, 5.41) is 5.26. The van der Waals surface area contributed by atoms with Crippen LogP contribution in [0.15, 0.2) is 35.5 Å². The monoisotopic (exact) mass is 448 g/mol. The van der Waals surface area contributed by atoms with Crippen LogP contribution < -0.4 is 0 Å². The fraction of sp³-hybridized carbons (Fsp3) is 0.571. The molecule has 1 saturated heterocycles. The lowest BCUT2D eigenvalue weighted by atomic mass is 10.1. The molecule has 2 aromatic rings. The quantitative estimate of drug-likeness (QED) is 0.577. The Labute approximate surface area is 182 Å². The van der Waals surface area contributed by atoms with Crippen molar-refractivity contribution in [2.24, 2.45) is 0 Å². The third-order valence-electron chi connectivity index (χ3n) is 5.84. The molecule has 2 atom stereocenters. The molecule has 2 fully saturated rings. The fourth-order valence-corrected chi connectivity index (χ4v) is 6.34. The largest absolute Gasteiger partial charge is 0.335 e. The third-order valence-corrected chi connectivity index (χ3v) is 8.41. The van der Waals surface area contributed by atoms with Gasteiger partial charge in [0.15, 0.2) is 9.84 Å². The summed E-state index contributed by atoms with van der Waals surface area (Å²) in [4.78, 5) is 19.6. The van der Waals surface area contributed by atoms with Crippen molar-refractivity contribution in [1.82, 2.24) is 19.7 Å². The molecule has 1 aromatic carbocycles. The van der Waals surface area contributed by atoms with Gasteiger partial charge in [0.05, 0.1) is 22.9 Å². The zero-order valence-electron chi connectivity index (χ0n) is 17.4. The van der Waals surface area contributed by atoms with Gasteiger partial charge in [-0.05, 0) is 44.7 Å². The number of sulfone groups is 1. The van der Waals surface area contributed by atoms with E-state index in [1.165, 1.54) is 11.8 Å². The third kappa shape index (κ3) is 4.72. The number of nitrogens with zero attached hydrogens (tertiary/aromatic N) is 4. The van der Waals surface area contributed by atoms with Gasteiger partial charge in [-0.3, -0.25) is 4.79 Å². The first-order valence-corrected chi connectivity index (χ1v) is 13.4. The van der Waals surface area contributed by atoms with Gasteiger partial charge in [0, 0.05) is 18.0 Å². The number of para-hydroxylation sites is 1. The van der Waals surface area contributed by atoms with E-state index in [2.05, 4.69) is 5.10 Å². The van der Waals surface area contributed by atoms with E-state index in [9.17, 15) is 13.2 Å². The normalized spacial score (nSPS) is 21.5. The first-order valence-electron chi connectivity index (χ1n) is 10.5. The molecule has 0 N–H and O–H groups in total. The lowest BCUT2D eigenvalue weighted by Crippen LogP contribution is -2.47. The van der Waals surface area contributed by atoms with Gasteiger partial charge >= 0.3 is 0 Å². The van der Waals surface area contributed by atoms with Crippen molar-refractivity contribution in [1.29, 1.82) is 0 Å². The second-order valence-electron chi connectivity index (χ2n) is 8.18. The standard InChI is InChI=1S/C21H28N4O3S2/c1-3-15(2)24(18-11-12-30(27,28)14-18)19(26)13-29-21-22-20(16-9-10-16)25(23-21)17-7-5-4-6-8-17/h4-8,15-16,18H,3,9-14H2,1-2H3/t15-,18-/m1/s1. The number of thioether (sulfide) groups is 1. The fourth-order valence-electron chi connectivity index (χ4n) is 3.93. The maximum Gasteiger partial charge on any atom is 0.233 e. The lowest BCUT2D eigenvalue weighted by Gasteiger charge is -2.33. The predicted octanol–water partition coefficient (Wildman–Crippen LogP) is 3.05. The summed E-state index contributed by atoms with van der Waals surface area (Å²) in [5.74, 6) is 1.80. The Hall–Kier alpha value is -1.87. The Bertz CT molecular complexity index is 1000. The van der Waals surface area contributed by atoms with Crippen LogP contribution in [0.2, 0.25) is 0 Å². The molecule has 0 unspecified atom stereocenters. The van der Waals surface area contributed by atoms with E-state index < -0.39 is 9.84 Å². The van der Waals surface area contributed by atoms with E-state index in [1.54, 1.807) is 4.90 Å². The molecule has 1 amide bonds. The summed E-state index contributed by atoms with van der Waals surface area (Å²) in [6.07, 6.45) is 3.55. The smallest absolute Gasteiger partial charge is 0.233 e. The number of hydrogen-bond donors (Lipinski definition) is 0. The average Bonchev–Trinajstić information content (AvgIpc) is 3.40. The Morgan fingerprint density at radius 1 is 1.27 bits per heavy atom. The molecule has 4 rings (SSSR count). The Morgan fingerprint density at radius 2 is 2.00 bits per heavy atom. The number of benzene rings is 1. The summed E-state index contributed by atoms with van der Waals surface area (Å²) in [5.41, 5.74) is 0.975. The van der Waals surface area contributed by atoms with Crippen LogP contribution in [-0.4, -0.2) is 63.3 Å². The Morgan fingerprint density at radius 3 is 2.60 bits per heavy atom. The minimum Gasteiger partial charge on any atom is -0.335 e. The van der Waals surface area contributed by atoms with E-state index in [0.29, 0.717) is 17.5 Å². The summed E-state index contributed by atoms with van der Waals surface area (Å²) < 4.78 is 25.8. The number of hydrogen-bond acceptors (Lipinski definition) is 6. The minimum absolute atomic E-state index is 0.00765. The Kier molecular flexibility index (Phi) is 6.20. The highest BCUT2D eigenvalue weighted by atomic mass is 32.2. The van der Waals surface area contributed by atoms with Crippen molar-refractivity contribution in [2.45, 2.75) is 62.7 Å². The van der Waals surface area contributed by atoms with Gasteiger partial charge in [-0.25, -0.2) is 18.1 Å². The van der Waals surface area contributed by atoms with E-state index in [-0.39, 0.29) is 35.2 Å². The van der Waals surface area contributed by atoms with Crippen molar-refractivity contribution in [3.8, 4) is 5.69 Å². The number of carbonyl (C=O) groups is 1. The summed E-state index contributed by atoms with van der Waals surface area (Å²) in [7, 11) is -3.05. The molecule has 7 nitrogen and oxygen atoms in total. The van der Waals surface area contributed by atoms with Crippen molar-refractivity contribution >= 4 is 27.5 Å². The Balaban J connectivity index is 1.48. The zero-order valence-corrected chi connectivity index (χ0v) is 19.0. The number of amides is 1. The first kappa shape index (κ1) is 21.4. The van der Waals surface area contributed by atoms with Gasteiger partial charge in [-0.15, -0.1) is 5.10 Å². The molecule has 1 saturated carbocycles. The van der Waals surface area contributed by atoms with Crippen LogP contribution in [0, 0.1) is 0 Å². The second-order valence-corrected chi connectivity index (χ2v) is 11.3. The summed E-state index contributed by atoms with van der Waals surface area (Å²) in [6, 6.07) is 9.71. The van der Waals surface area contributed by atoms with Crippen molar-refractivity contribution in [2.75, 3.05) is 17.3 Å². The molecule has 1 aliphatic carbocycles. The minimum atomic E-state index is -3.05. The maximum atomic E-state index is 13.1. The van der Waals surface area contributed by atoms with E-state index in [4.69, 9.17) is 4.98 Å². The van der Waals surface area contributed by atoms with Crippen LogP contribution in [0.3, 0.4) is 0 Å². The molecule has 30 heavy (non-hydrogen) atoms. The molecular weight excluding hydrogens is 420 g/mol. The summed E-state index contributed by atoms with van der Waals surface area (Å²) in [6.45, 7) is 4.01. The van der Waals surface area contributed by atoms with Crippen LogP contribution in [-0.2, 0) is 14.6 Å². The molecular formula is C21H28N4O3S2. The van der Waals surface area contributed by atoms with E-state index >= 15 is 0 Å². The average molecular weight is 449 g/mol. The zero-order chi connectivity index (χ0) is 21.3. The molecule has 0 spiro atoms. The van der Waals surface area contributed by atoms with Crippen LogP contribution in [0.1, 0.15) is 51.3 Å². The van der Waals surface area contributed by atoms with E-state index in [0.717, 1.165) is 30.8 Å². The van der Waals surface area contributed by atoms with Gasteiger partial charge < -0.3 is 4.90 Å². The molecule has 9 heteroatoms. The van der Waals surface area contributed by atoms with Crippen LogP contribution >= 0.6 is 11.8 Å². The second kappa shape index (κ2) is 8.70. The highest BCUT2D eigenvalue weighted by Crippen LogP contribution is 2.40. The predicted molar refractivity (Wildman–Crippen MR) is 118 cm³/mol. The van der Waals surface area contributed by atoms with Crippen molar-refractivity contribution < 1.29 is 13.2 Å². The molecule has 0 radical (unpaired) electrons. The highest BCUT2D eigenvalue weighted by molar-refractivity contribution is 7.99. The number of carbonyl (C=O) groups excluding carboxylic acids is 1. The first-order chi connectivity index (χ1) is 14.4. The van der Waals surface area contributed by atoms with Gasteiger partial charge in [0.25, 0.3) is 0 Å². The summed E-state index contributed by atoms with van der Waals surface area (Å²) >= 11 is 1.33. The highest BCUT2D eigenvalue weighted by Gasteiger charge is 2.36. The molecule has 2 aliphatic rings. The van der Waals surface area contributed by atoms with Gasteiger partial charge in [0.1, 0.15) is 5.82 Å². The van der Waals surface area contributed by atoms with Crippen molar-refractivity contribution in [3.63, 3.8) is 0 Å². The molecule has 0 bridgehead atoms. The van der Waals surface area contributed by atoms with Gasteiger partial charge in [0.2, 0.25) is 11.1 Å². The van der Waals surface area contributed by atoms with Crippen LogP contribution in [0.5, 0.6) is 0 Å². The van der Waals surface area contributed by atoms with Crippen LogP contribution in [0.4, 0.5) is 0 Å². The van der Waals surface area contributed by atoms with E-state index in [1.807, 2.05) is 48.9 Å². The molecule has 1 aromatic heterocycles. The topological polar surface area (TPSA) is 85.2 Å². The van der Waals surface area contributed by atoms with Crippen LogP contribution in [0.25, 0.3) is 5.69 Å². The molecule has 162 valence electrons. The van der Waals surface area contributed by atoms with Crippen molar-refractivity contribution in [3.05, 3.63) is 36.2 Å².